The summed E-state index contributed by atoms with van der Waals surface area (Å²) in [5.41, 5.74) is 2.84. The number of rotatable bonds is 9. The summed E-state index contributed by atoms with van der Waals surface area (Å²) in [6, 6.07) is 12.8. The lowest BCUT2D eigenvalue weighted by atomic mass is 10.1. The minimum atomic E-state index is -0.530. The third-order valence-electron chi connectivity index (χ3n) is 5.41. The Hall–Kier alpha value is -3.35. The normalized spacial score (nSPS) is 13.4. The van der Waals surface area contributed by atoms with Crippen molar-refractivity contribution in [3.8, 4) is 5.75 Å². The summed E-state index contributed by atoms with van der Waals surface area (Å²) in [7, 11) is 0. The highest BCUT2D eigenvalue weighted by Crippen LogP contribution is 2.21. The lowest BCUT2D eigenvalue weighted by Gasteiger charge is -2.15. The highest BCUT2D eigenvalue weighted by Gasteiger charge is 2.20. The van der Waals surface area contributed by atoms with Crippen LogP contribution >= 0.6 is 0 Å². The van der Waals surface area contributed by atoms with Gasteiger partial charge in [0.05, 0.1) is 24.3 Å². The van der Waals surface area contributed by atoms with Crippen LogP contribution in [0.25, 0.3) is 0 Å². The summed E-state index contributed by atoms with van der Waals surface area (Å²) in [6.07, 6.45) is 4.21. The van der Waals surface area contributed by atoms with E-state index < -0.39 is 18.5 Å². The van der Waals surface area contributed by atoms with Crippen LogP contribution < -0.4 is 15.4 Å². The monoisotopic (exact) mass is 438 g/mol. The van der Waals surface area contributed by atoms with Crippen molar-refractivity contribution in [2.75, 3.05) is 18.5 Å². The van der Waals surface area contributed by atoms with E-state index in [4.69, 9.17) is 9.47 Å². The number of anilines is 1. The fourth-order valence-electron chi connectivity index (χ4n) is 3.64. The lowest BCUT2D eigenvalue weighted by Crippen LogP contribution is -2.33. The van der Waals surface area contributed by atoms with Gasteiger partial charge in [0, 0.05) is 6.04 Å². The molecular formula is C25H30N2O5. The molecule has 0 spiro atoms. The Labute approximate surface area is 188 Å². The molecule has 7 nitrogen and oxygen atoms in total. The minimum absolute atomic E-state index is 0.0288. The van der Waals surface area contributed by atoms with Gasteiger partial charge in [0.15, 0.2) is 6.61 Å². The van der Waals surface area contributed by atoms with Gasteiger partial charge in [-0.2, -0.15) is 0 Å². The number of esters is 1. The molecule has 7 heteroatoms. The van der Waals surface area contributed by atoms with Crippen molar-refractivity contribution in [1.82, 2.24) is 5.32 Å². The van der Waals surface area contributed by atoms with Gasteiger partial charge >= 0.3 is 5.97 Å². The number of hydrogen-bond acceptors (Lipinski definition) is 5. The van der Waals surface area contributed by atoms with E-state index in [1.807, 2.05) is 32.0 Å². The van der Waals surface area contributed by atoms with Gasteiger partial charge in [0.25, 0.3) is 11.8 Å². The topological polar surface area (TPSA) is 93.7 Å². The standard InChI is InChI=1S/C25H30N2O5/c1-17-11-12-18(2)22(15-17)31-14-13-24(29)32-16-23(28)27-21-10-6-5-9-20(21)25(30)26-19-7-3-4-8-19/h5-6,9-12,15,19H,3-4,7-8,13-14,16H2,1-2H3,(H,26,30)(H,27,28). The second-order valence-electron chi connectivity index (χ2n) is 8.08. The summed E-state index contributed by atoms with van der Waals surface area (Å²) in [4.78, 5) is 36.8. The first-order chi connectivity index (χ1) is 15.4. The third-order valence-corrected chi connectivity index (χ3v) is 5.41. The van der Waals surface area contributed by atoms with E-state index in [1.54, 1.807) is 24.3 Å². The third kappa shape index (κ3) is 6.83. The predicted molar refractivity (Wildman–Crippen MR) is 122 cm³/mol. The van der Waals surface area contributed by atoms with Crippen LogP contribution in [-0.4, -0.2) is 37.0 Å². The molecular weight excluding hydrogens is 408 g/mol. The highest BCUT2D eigenvalue weighted by atomic mass is 16.5. The highest BCUT2D eigenvalue weighted by molar-refractivity contribution is 6.04. The maximum absolute atomic E-state index is 12.6. The molecule has 0 heterocycles. The Morgan fingerprint density at radius 3 is 2.56 bits per heavy atom. The molecule has 1 aliphatic rings. The molecule has 0 radical (unpaired) electrons. The van der Waals surface area contributed by atoms with Crippen molar-refractivity contribution < 1.29 is 23.9 Å². The average Bonchev–Trinajstić information content (AvgIpc) is 3.28. The second-order valence-corrected chi connectivity index (χ2v) is 8.08. The lowest BCUT2D eigenvalue weighted by molar-refractivity contribution is -0.147. The number of ether oxygens (including phenoxy) is 2. The Morgan fingerprint density at radius 1 is 1.03 bits per heavy atom. The van der Waals surface area contributed by atoms with Crippen LogP contribution in [0.1, 0.15) is 53.6 Å². The van der Waals surface area contributed by atoms with Gasteiger partial charge in [-0.1, -0.05) is 37.1 Å². The molecule has 2 aromatic rings. The van der Waals surface area contributed by atoms with Gasteiger partial charge < -0.3 is 20.1 Å². The summed E-state index contributed by atoms with van der Waals surface area (Å²) in [6.45, 7) is 3.63. The van der Waals surface area contributed by atoms with Crippen molar-refractivity contribution in [1.29, 1.82) is 0 Å². The molecule has 0 saturated heterocycles. The molecule has 2 aromatic carbocycles. The first-order valence-electron chi connectivity index (χ1n) is 11.0. The fraction of sp³-hybridized carbons (Fsp3) is 0.400. The molecule has 2 N–H and O–H groups in total. The van der Waals surface area contributed by atoms with Gasteiger partial charge in [-0.15, -0.1) is 0 Å². The molecule has 0 unspecified atom stereocenters. The van der Waals surface area contributed by atoms with Crippen molar-refractivity contribution in [2.24, 2.45) is 0 Å². The maximum atomic E-state index is 12.6. The number of amides is 2. The van der Waals surface area contributed by atoms with Gasteiger partial charge in [0.1, 0.15) is 5.75 Å². The van der Waals surface area contributed by atoms with E-state index in [9.17, 15) is 14.4 Å². The van der Waals surface area contributed by atoms with Crippen LogP contribution in [0.4, 0.5) is 5.69 Å². The molecule has 1 saturated carbocycles. The number of carbonyl (C=O) groups is 3. The van der Waals surface area contributed by atoms with E-state index in [0.717, 1.165) is 42.6 Å². The molecule has 0 atom stereocenters. The molecule has 3 rings (SSSR count). The van der Waals surface area contributed by atoms with Crippen molar-refractivity contribution >= 4 is 23.5 Å². The van der Waals surface area contributed by atoms with Gasteiger partial charge in [0.2, 0.25) is 0 Å². The number of aryl methyl sites for hydroxylation is 2. The van der Waals surface area contributed by atoms with E-state index in [1.165, 1.54) is 0 Å². The fourth-order valence-corrected chi connectivity index (χ4v) is 3.64. The number of carbonyl (C=O) groups excluding carboxylic acids is 3. The van der Waals surface area contributed by atoms with Gasteiger partial charge in [-0.3, -0.25) is 14.4 Å². The molecule has 2 amide bonds. The largest absolute Gasteiger partial charge is 0.493 e. The predicted octanol–water partition coefficient (Wildman–Crippen LogP) is 3.93. The first kappa shape index (κ1) is 23.3. The first-order valence-corrected chi connectivity index (χ1v) is 11.0. The number of para-hydroxylation sites is 1. The van der Waals surface area contributed by atoms with Crippen molar-refractivity contribution in [3.05, 3.63) is 59.2 Å². The Kier molecular flexibility index (Phi) is 8.25. The maximum Gasteiger partial charge on any atom is 0.309 e. The van der Waals surface area contributed by atoms with Crippen LogP contribution in [-0.2, 0) is 14.3 Å². The van der Waals surface area contributed by atoms with Crippen LogP contribution in [0, 0.1) is 13.8 Å². The van der Waals surface area contributed by atoms with E-state index >= 15 is 0 Å². The van der Waals surface area contributed by atoms with Gasteiger partial charge in [-0.05, 0) is 56.0 Å². The van der Waals surface area contributed by atoms with Crippen LogP contribution in [0.15, 0.2) is 42.5 Å². The zero-order chi connectivity index (χ0) is 22.9. The van der Waals surface area contributed by atoms with Gasteiger partial charge in [-0.25, -0.2) is 0 Å². The van der Waals surface area contributed by atoms with E-state index in [2.05, 4.69) is 10.6 Å². The van der Waals surface area contributed by atoms with Crippen LogP contribution in [0.5, 0.6) is 5.75 Å². The second kappa shape index (κ2) is 11.3. The Bertz CT molecular complexity index is 967. The summed E-state index contributed by atoms with van der Waals surface area (Å²) >= 11 is 0. The molecule has 32 heavy (non-hydrogen) atoms. The molecule has 170 valence electrons. The van der Waals surface area contributed by atoms with E-state index in [0.29, 0.717) is 11.3 Å². The Balaban J connectivity index is 1.44. The van der Waals surface area contributed by atoms with Crippen molar-refractivity contribution in [3.63, 3.8) is 0 Å². The zero-order valence-electron chi connectivity index (χ0n) is 18.6. The summed E-state index contributed by atoms with van der Waals surface area (Å²) < 4.78 is 10.7. The SMILES string of the molecule is Cc1ccc(C)c(OCCC(=O)OCC(=O)Nc2ccccc2C(=O)NC2CCCC2)c1. The quantitative estimate of drug-likeness (QED) is 0.579. The zero-order valence-corrected chi connectivity index (χ0v) is 18.6. The van der Waals surface area contributed by atoms with Crippen LogP contribution in [0.2, 0.25) is 0 Å². The number of hydrogen-bond donors (Lipinski definition) is 2. The molecule has 0 aromatic heterocycles. The average molecular weight is 439 g/mol. The molecule has 1 aliphatic carbocycles. The molecule has 0 aliphatic heterocycles. The number of nitrogens with one attached hydrogen (secondary N) is 2. The number of benzene rings is 2. The minimum Gasteiger partial charge on any atom is -0.493 e. The van der Waals surface area contributed by atoms with Crippen LogP contribution in [0.3, 0.4) is 0 Å². The summed E-state index contributed by atoms with van der Waals surface area (Å²) in [5.74, 6) is -0.524. The van der Waals surface area contributed by atoms with Crippen molar-refractivity contribution in [2.45, 2.75) is 52.0 Å². The molecule has 1 fully saturated rings. The molecule has 0 bridgehead atoms. The smallest absolute Gasteiger partial charge is 0.309 e. The van der Waals surface area contributed by atoms with E-state index in [-0.39, 0.29) is 25.0 Å². The summed E-state index contributed by atoms with van der Waals surface area (Å²) in [5, 5.41) is 5.67. The Morgan fingerprint density at radius 2 is 1.78 bits per heavy atom.